The molecule has 0 saturated heterocycles. The fraction of sp³-hybridized carbons (Fsp3) is 0.385. The number of hydrogen-bond acceptors (Lipinski definition) is 4. The second kappa shape index (κ2) is 6.68. The van der Waals surface area contributed by atoms with Gasteiger partial charge in [0.05, 0.1) is 6.61 Å². The van der Waals surface area contributed by atoms with Gasteiger partial charge in [-0.1, -0.05) is 6.92 Å². The van der Waals surface area contributed by atoms with E-state index in [1.807, 2.05) is 13.8 Å². The molecule has 0 fully saturated rings. The Kier molecular flexibility index (Phi) is 5.20. The zero-order valence-corrected chi connectivity index (χ0v) is 10.1. The summed E-state index contributed by atoms with van der Waals surface area (Å²) in [5.74, 6) is 0.477. The van der Waals surface area contributed by atoms with Crippen molar-refractivity contribution in [3.8, 4) is 11.5 Å². The minimum atomic E-state index is -0.299. The van der Waals surface area contributed by atoms with E-state index in [2.05, 4.69) is 0 Å². The average molecular weight is 236 g/mol. The van der Waals surface area contributed by atoms with Crippen LogP contribution in [0.1, 0.15) is 37.0 Å². The number of carbonyl (C=O) groups excluding carboxylic acids is 2. The molecule has 0 bridgehead atoms. The van der Waals surface area contributed by atoms with Crippen molar-refractivity contribution < 1.29 is 19.1 Å². The summed E-state index contributed by atoms with van der Waals surface area (Å²) in [6.07, 6.45) is 1.82. The van der Waals surface area contributed by atoms with Crippen molar-refractivity contribution in [1.82, 2.24) is 0 Å². The Bertz CT molecular complexity index is 398. The van der Waals surface area contributed by atoms with E-state index in [0.717, 1.165) is 12.7 Å². The van der Waals surface area contributed by atoms with Gasteiger partial charge in [-0.3, -0.25) is 9.59 Å². The van der Waals surface area contributed by atoms with Gasteiger partial charge in [0.25, 0.3) is 0 Å². The van der Waals surface area contributed by atoms with Crippen LogP contribution < -0.4 is 9.47 Å². The molecule has 0 N–H and O–H groups in total. The van der Waals surface area contributed by atoms with Crippen LogP contribution in [-0.4, -0.2) is 18.9 Å². The molecule has 0 heterocycles. The summed E-state index contributed by atoms with van der Waals surface area (Å²) in [6.45, 7) is 4.17. The van der Waals surface area contributed by atoms with Crippen LogP contribution in [0.15, 0.2) is 18.2 Å². The van der Waals surface area contributed by atoms with E-state index in [1.165, 1.54) is 0 Å². The van der Waals surface area contributed by atoms with Crippen LogP contribution in [0.3, 0.4) is 0 Å². The predicted molar refractivity (Wildman–Crippen MR) is 63.5 cm³/mol. The van der Waals surface area contributed by atoms with Gasteiger partial charge in [-0.05, 0) is 31.5 Å². The zero-order valence-electron chi connectivity index (χ0n) is 10.1. The summed E-state index contributed by atoms with van der Waals surface area (Å²) >= 11 is 0. The number of carbonyl (C=O) groups is 2. The largest absolute Gasteiger partial charge is 0.490 e. The third kappa shape index (κ3) is 3.90. The van der Waals surface area contributed by atoms with Crippen molar-refractivity contribution in [3.63, 3.8) is 0 Å². The zero-order chi connectivity index (χ0) is 12.7. The molecule has 0 aliphatic rings. The predicted octanol–water partition coefficient (Wildman–Crippen LogP) is 2.60. The highest BCUT2D eigenvalue weighted by molar-refractivity contribution is 5.78. The van der Waals surface area contributed by atoms with Crippen LogP contribution >= 0.6 is 0 Å². The third-order valence-electron chi connectivity index (χ3n) is 2.08. The molecule has 0 unspecified atom stereocenters. The quantitative estimate of drug-likeness (QED) is 0.433. The standard InChI is InChI=1S/C13H16O4/c1-3-5-13(15)17-11-7-6-10(9-14)8-12(11)16-4-2/h6-9H,3-5H2,1-2H3. The molecule has 0 spiro atoms. The van der Waals surface area contributed by atoms with E-state index in [1.54, 1.807) is 18.2 Å². The molecule has 1 rings (SSSR count). The first-order chi connectivity index (χ1) is 8.21. The number of aldehydes is 1. The molecule has 1 aromatic carbocycles. The lowest BCUT2D eigenvalue weighted by Crippen LogP contribution is -2.08. The van der Waals surface area contributed by atoms with E-state index in [0.29, 0.717) is 30.1 Å². The fourth-order valence-electron chi connectivity index (χ4n) is 1.33. The van der Waals surface area contributed by atoms with Gasteiger partial charge < -0.3 is 9.47 Å². The van der Waals surface area contributed by atoms with E-state index in [-0.39, 0.29) is 5.97 Å². The lowest BCUT2D eigenvalue weighted by Gasteiger charge is -2.10. The summed E-state index contributed by atoms with van der Waals surface area (Å²) < 4.78 is 10.5. The summed E-state index contributed by atoms with van der Waals surface area (Å²) in [4.78, 5) is 22.0. The number of ether oxygens (including phenoxy) is 2. The molecule has 0 aromatic heterocycles. The smallest absolute Gasteiger partial charge is 0.311 e. The van der Waals surface area contributed by atoms with Crippen molar-refractivity contribution in [2.45, 2.75) is 26.7 Å². The second-order valence-electron chi connectivity index (χ2n) is 3.48. The van der Waals surface area contributed by atoms with Gasteiger partial charge >= 0.3 is 5.97 Å². The van der Waals surface area contributed by atoms with Gasteiger partial charge in [-0.2, -0.15) is 0 Å². The number of hydrogen-bond donors (Lipinski definition) is 0. The van der Waals surface area contributed by atoms with Crippen molar-refractivity contribution >= 4 is 12.3 Å². The number of benzene rings is 1. The van der Waals surface area contributed by atoms with Crippen molar-refractivity contribution in [2.75, 3.05) is 6.61 Å². The molecule has 4 heteroatoms. The molecule has 0 saturated carbocycles. The van der Waals surface area contributed by atoms with Gasteiger partial charge in [-0.15, -0.1) is 0 Å². The lowest BCUT2D eigenvalue weighted by atomic mass is 10.2. The summed E-state index contributed by atoms with van der Waals surface area (Å²) in [6, 6.07) is 4.72. The molecular formula is C13H16O4. The maximum atomic E-state index is 11.4. The first kappa shape index (κ1) is 13.2. The van der Waals surface area contributed by atoms with Crippen LogP contribution in [0.25, 0.3) is 0 Å². The Balaban J connectivity index is 2.89. The minimum Gasteiger partial charge on any atom is -0.490 e. The Morgan fingerprint density at radius 1 is 1.29 bits per heavy atom. The maximum Gasteiger partial charge on any atom is 0.311 e. The van der Waals surface area contributed by atoms with Crippen molar-refractivity contribution in [1.29, 1.82) is 0 Å². The molecule has 0 aliphatic carbocycles. The lowest BCUT2D eigenvalue weighted by molar-refractivity contribution is -0.134. The Labute approximate surface area is 101 Å². The highest BCUT2D eigenvalue weighted by Gasteiger charge is 2.10. The van der Waals surface area contributed by atoms with Crippen LogP contribution in [0.2, 0.25) is 0 Å². The van der Waals surface area contributed by atoms with Gasteiger partial charge in [0.2, 0.25) is 0 Å². The molecule has 17 heavy (non-hydrogen) atoms. The molecular weight excluding hydrogens is 220 g/mol. The van der Waals surface area contributed by atoms with Crippen LogP contribution in [0.5, 0.6) is 11.5 Å². The topological polar surface area (TPSA) is 52.6 Å². The maximum absolute atomic E-state index is 11.4. The monoisotopic (exact) mass is 236 g/mol. The Hall–Kier alpha value is -1.84. The van der Waals surface area contributed by atoms with Crippen molar-refractivity contribution in [2.24, 2.45) is 0 Å². The average Bonchev–Trinajstić information content (AvgIpc) is 2.32. The van der Waals surface area contributed by atoms with Crippen molar-refractivity contribution in [3.05, 3.63) is 23.8 Å². The van der Waals surface area contributed by atoms with Gasteiger partial charge in [0, 0.05) is 12.0 Å². The van der Waals surface area contributed by atoms with E-state index in [9.17, 15) is 9.59 Å². The Morgan fingerprint density at radius 3 is 2.65 bits per heavy atom. The highest BCUT2D eigenvalue weighted by Crippen LogP contribution is 2.28. The van der Waals surface area contributed by atoms with Crippen LogP contribution in [0, 0.1) is 0 Å². The van der Waals surface area contributed by atoms with Gasteiger partial charge in [0.15, 0.2) is 11.5 Å². The van der Waals surface area contributed by atoms with E-state index >= 15 is 0 Å². The van der Waals surface area contributed by atoms with E-state index < -0.39 is 0 Å². The molecule has 0 radical (unpaired) electrons. The Morgan fingerprint density at radius 2 is 2.06 bits per heavy atom. The minimum absolute atomic E-state index is 0.299. The number of esters is 1. The molecule has 0 aliphatic heterocycles. The summed E-state index contributed by atoms with van der Waals surface area (Å²) in [5, 5.41) is 0. The first-order valence-corrected chi connectivity index (χ1v) is 5.64. The number of rotatable bonds is 6. The van der Waals surface area contributed by atoms with Gasteiger partial charge in [-0.25, -0.2) is 0 Å². The molecule has 92 valence electrons. The normalized spacial score (nSPS) is 9.76. The first-order valence-electron chi connectivity index (χ1n) is 5.64. The summed E-state index contributed by atoms with van der Waals surface area (Å²) in [7, 11) is 0. The van der Waals surface area contributed by atoms with E-state index in [4.69, 9.17) is 9.47 Å². The molecule has 4 nitrogen and oxygen atoms in total. The third-order valence-corrected chi connectivity index (χ3v) is 2.08. The summed E-state index contributed by atoms with van der Waals surface area (Å²) in [5.41, 5.74) is 0.490. The highest BCUT2D eigenvalue weighted by atomic mass is 16.6. The molecule has 0 atom stereocenters. The molecule has 0 amide bonds. The van der Waals surface area contributed by atoms with Gasteiger partial charge in [0.1, 0.15) is 6.29 Å². The SMILES string of the molecule is CCCC(=O)Oc1ccc(C=O)cc1OCC. The van der Waals surface area contributed by atoms with Crippen LogP contribution in [-0.2, 0) is 4.79 Å². The second-order valence-corrected chi connectivity index (χ2v) is 3.48. The van der Waals surface area contributed by atoms with Crippen LogP contribution in [0.4, 0.5) is 0 Å². The fourth-order valence-corrected chi connectivity index (χ4v) is 1.33. The molecule has 1 aromatic rings.